The molecule has 0 bridgehead atoms. The predicted octanol–water partition coefficient (Wildman–Crippen LogP) is -0.263. The maximum atomic E-state index is 11.6. The second kappa shape index (κ2) is 6.38. The summed E-state index contributed by atoms with van der Waals surface area (Å²) < 4.78 is 4.99. The largest absolute Gasteiger partial charge is 0.383 e. The lowest BCUT2D eigenvalue weighted by atomic mass is 10.2. The molecule has 5 heteroatoms. The number of nitriles is 1. The highest BCUT2D eigenvalue weighted by molar-refractivity contribution is 5.82. The van der Waals surface area contributed by atoms with Crippen LogP contribution in [0.5, 0.6) is 0 Å². The van der Waals surface area contributed by atoms with Gasteiger partial charge in [-0.15, -0.1) is 0 Å². The van der Waals surface area contributed by atoms with E-state index >= 15 is 0 Å². The summed E-state index contributed by atoms with van der Waals surface area (Å²) in [5, 5.41) is 11.5. The van der Waals surface area contributed by atoms with Gasteiger partial charge in [0.05, 0.1) is 19.1 Å². The Morgan fingerprint density at radius 3 is 3.20 bits per heavy atom. The van der Waals surface area contributed by atoms with Crippen LogP contribution in [0.25, 0.3) is 0 Å². The fourth-order valence-corrected chi connectivity index (χ4v) is 1.72. The number of nitrogens with zero attached hydrogens (tertiary/aromatic N) is 2. The maximum Gasteiger partial charge on any atom is 0.238 e. The first-order valence-corrected chi connectivity index (χ1v) is 5.17. The molecule has 1 N–H and O–H groups in total. The molecule has 0 aromatic heterocycles. The summed E-state index contributed by atoms with van der Waals surface area (Å²) in [6.45, 7) is 2.84. The number of nitrogens with one attached hydrogen (secondary N) is 1. The molecule has 0 radical (unpaired) electrons. The van der Waals surface area contributed by atoms with Gasteiger partial charge in [-0.05, 0) is 6.42 Å². The zero-order valence-electron chi connectivity index (χ0n) is 9.03. The molecule has 1 heterocycles. The number of amides is 1. The van der Waals surface area contributed by atoms with Crippen LogP contribution in [0.3, 0.4) is 0 Å². The van der Waals surface area contributed by atoms with Crippen molar-refractivity contribution in [3.05, 3.63) is 0 Å². The summed E-state index contributed by atoms with van der Waals surface area (Å²) in [4.78, 5) is 13.7. The molecule has 0 saturated carbocycles. The minimum Gasteiger partial charge on any atom is -0.383 e. The van der Waals surface area contributed by atoms with Crippen molar-refractivity contribution in [3.8, 4) is 6.07 Å². The van der Waals surface area contributed by atoms with Gasteiger partial charge in [0.2, 0.25) is 5.91 Å². The van der Waals surface area contributed by atoms with E-state index in [1.54, 1.807) is 7.11 Å². The van der Waals surface area contributed by atoms with Crippen molar-refractivity contribution >= 4 is 5.91 Å². The molecule has 1 unspecified atom stereocenters. The highest BCUT2D eigenvalue weighted by atomic mass is 16.5. The van der Waals surface area contributed by atoms with Crippen molar-refractivity contribution in [3.63, 3.8) is 0 Å². The van der Waals surface area contributed by atoms with E-state index in [4.69, 9.17) is 10.00 Å². The van der Waals surface area contributed by atoms with Crippen LogP contribution in [0.4, 0.5) is 0 Å². The quantitative estimate of drug-likeness (QED) is 0.695. The number of hydrogen-bond acceptors (Lipinski definition) is 4. The minimum atomic E-state index is -0.312. The molecule has 15 heavy (non-hydrogen) atoms. The van der Waals surface area contributed by atoms with Crippen molar-refractivity contribution in [2.45, 2.75) is 18.9 Å². The first-order chi connectivity index (χ1) is 7.29. The molecule has 0 aliphatic carbocycles. The fraction of sp³-hybridized carbons (Fsp3) is 0.800. The SMILES string of the molecule is COCCN1CCCNC(=O)C1CC#N. The lowest BCUT2D eigenvalue weighted by molar-refractivity contribution is -0.125. The summed E-state index contributed by atoms with van der Waals surface area (Å²) in [6.07, 6.45) is 1.17. The second-order valence-corrected chi connectivity index (χ2v) is 3.55. The van der Waals surface area contributed by atoms with Gasteiger partial charge in [0, 0.05) is 26.7 Å². The summed E-state index contributed by atoms with van der Waals surface area (Å²) in [5.74, 6) is -0.0369. The van der Waals surface area contributed by atoms with E-state index in [0.717, 1.165) is 13.0 Å². The predicted molar refractivity (Wildman–Crippen MR) is 55.1 cm³/mol. The Bertz CT molecular complexity index is 250. The van der Waals surface area contributed by atoms with E-state index in [1.807, 2.05) is 4.90 Å². The third kappa shape index (κ3) is 3.50. The van der Waals surface area contributed by atoms with Gasteiger partial charge in [-0.2, -0.15) is 5.26 Å². The van der Waals surface area contributed by atoms with Crippen molar-refractivity contribution in [2.24, 2.45) is 0 Å². The number of methoxy groups -OCH3 is 1. The van der Waals surface area contributed by atoms with Crippen LogP contribution < -0.4 is 5.32 Å². The van der Waals surface area contributed by atoms with Crippen LogP contribution in [0.15, 0.2) is 0 Å². The molecular formula is C10H17N3O2. The highest BCUT2D eigenvalue weighted by Crippen LogP contribution is 2.08. The Labute approximate surface area is 90.0 Å². The lowest BCUT2D eigenvalue weighted by Crippen LogP contribution is -2.45. The number of ether oxygens (including phenoxy) is 1. The average Bonchev–Trinajstić information content (AvgIpc) is 2.40. The molecule has 1 amide bonds. The van der Waals surface area contributed by atoms with Gasteiger partial charge in [-0.25, -0.2) is 0 Å². The summed E-state index contributed by atoms with van der Waals surface area (Å²) in [6, 6.07) is 1.75. The van der Waals surface area contributed by atoms with Crippen molar-refractivity contribution in [1.29, 1.82) is 5.26 Å². The molecule has 1 aliphatic rings. The van der Waals surface area contributed by atoms with E-state index in [-0.39, 0.29) is 18.4 Å². The molecule has 1 aliphatic heterocycles. The van der Waals surface area contributed by atoms with Gasteiger partial charge in [0.15, 0.2) is 0 Å². The number of hydrogen-bond donors (Lipinski definition) is 1. The molecule has 1 rings (SSSR count). The van der Waals surface area contributed by atoms with E-state index in [1.165, 1.54) is 0 Å². The van der Waals surface area contributed by atoms with Crippen molar-refractivity contribution < 1.29 is 9.53 Å². The van der Waals surface area contributed by atoms with Crippen molar-refractivity contribution in [2.75, 3.05) is 33.4 Å². The molecule has 1 atom stereocenters. The van der Waals surface area contributed by atoms with Gasteiger partial charge >= 0.3 is 0 Å². The highest BCUT2D eigenvalue weighted by Gasteiger charge is 2.27. The summed E-state index contributed by atoms with van der Waals surface area (Å²) >= 11 is 0. The topological polar surface area (TPSA) is 65.4 Å². The van der Waals surface area contributed by atoms with Gasteiger partial charge < -0.3 is 10.1 Å². The Morgan fingerprint density at radius 1 is 1.73 bits per heavy atom. The second-order valence-electron chi connectivity index (χ2n) is 3.55. The first-order valence-electron chi connectivity index (χ1n) is 5.17. The minimum absolute atomic E-state index is 0.0369. The maximum absolute atomic E-state index is 11.6. The molecule has 84 valence electrons. The Hall–Kier alpha value is -1.12. The third-order valence-electron chi connectivity index (χ3n) is 2.53. The van der Waals surface area contributed by atoms with E-state index in [0.29, 0.717) is 19.7 Å². The monoisotopic (exact) mass is 211 g/mol. The van der Waals surface area contributed by atoms with Crippen LogP contribution in [0, 0.1) is 11.3 Å². The number of carbonyl (C=O) groups excluding carboxylic acids is 1. The normalized spacial score (nSPS) is 22.9. The Kier molecular flexibility index (Phi) is 5.08. The zero-order chi connectivity index (χ0) is 11.1. The number of carbonyl (C=O) groups is 1. The molecule has 1 fully saturated rings. The van der Waals surface area contributed by atoms with Gasteiger partial charge in [0.1, 0.15) is 6.04 Å². The Balaban J connectivity index is 2.60. The van der Waals surface area contributed by atoms with Gasteiger partial charge in [-0.1, -0.05) is 0 Å². The van der Waals surface area contributed by atoms with E-state index in [2.05, 4.69) is 11.4 Å². The van der Waals surface area contributed by atoms with Crippen LogP contribution in [-0.2, 0) is 9.53 Å². The Morgan fingerprint density at radius 2 is 2.53 bits per heavy atom. The summed E-state index contributed by atoms with van der Waals surface area (Å²) in [7, 11) is 1.64. The average molecular weight is 211 g/mol. The molecule has 0 aromatic rings. The molecular weight excluding hydrogens is 194 g/mol. The molecule has 0 spiro atoms. The standard InChI is InChI=1S/C10H17N3O2/c1-15-8-7-13-6-2-5-12-10(14)9(13)3-4-11/h9H,2-3,5-8H2,1H3,(H,12,14). The first kappa shape index (κ1) is 12.0. The molecule has 5 nitrogen and oxygen atoms in total. The fourth-order valence-electron chi connectivity index (χ4n) is 1.72. The van der Waals surface area contributed by atoms with Gasteiger partial charge in [0.25, 0.3) is 0 Å². The molecule has 1 saturated heterocycles. The lowest BCUT2D eigenvalue weighted by Gasteiger charge is -2.25. The van der Waals surface area contributed by atoms with Crippen LogP contribution >= 0.6 is 0 Å². The van der Waals surface area contributed by atoms with Crippen LogP contribution in [0.1, 0.15) is 12.8 Å². The third-order valence-corrected chi connectivity index (χ3v) is 2.53. The summed E-state index contributed by atoms with van der Waals surface area (Å²) in [5.41, 5.74) is 0. The zero-order valence-corrected chi connectivity index (χ0v) is 9.03. The van der Waals surface area contributed by atoms with Crippen molar-refractivity contribution in [1.82, 2.24) is 10.2 Å². The molecule has 0 aromatic carbocycles. The van der Waals surface area contributed by atoms with E-state index in [9.17, 15) is 4.79 Å². The van der Waals surface area contributed by atoms with Gasteiger partial charge in [-0.3, -0.25) is 9.69 Å². The number of rotatable bonds is 4. The van der Waals surface area contributed by atoms with Crippen LogP contribution in [-0.4, -0.2) is 50.2 Å². The smallest absolute Gasteiger partial charge is 0.238 e. The van der Waals surface area contributed by atoms with Crippen LogP contribution in [0.2, 0.25) is 0 Å². The van der Waals surface area contributed by atoms with E-state index < -0.39 is 0 Å².